The number of halogens is 2. The van der Waals surface area contributed by atoms with E-state index >= 15 is 0 Å². The quantitative estimate of drug-likeness (QED) is 0.597. The third-order valence-corrected chi connectivity index (χ3v) is 5.98. The van der Waals surface area contributed by atoms with Crippen molar-refractivity contribution in [2.75, 3.05) is 17.1 Å². The van der Waals surface area contributed by atoms with Crippen molar-refractivity contribution in [1.82, 2.24) is 5.32 Å². The fourth-order valence-electron chi connectivity index (χ4n) is 3.17. The molecule has 0 radical (unpaired) electrons. The van der Waals surface area contributed by atoms with Gasteiger partial charge in [-0.05, 0) is 49.9 Å². The van der Waals surface area contributed by atoms with Crippen molar-refractivity contribution in [3.8, 4) is 0 Å². The molecule has 0 aromatic heterocycles. The minimum absolute atomic E-state index is 0.153. The Bertz CT molecular complexity index is 966. The van der Waals surface area contributed by atoms with Crippen LogP contribution in [0.3, 0.4) is 0 Å². The molecule has 1 atom stereocenters. The summed E-state index contributed by atoms with van der Waals surface area (Å²) in [5.41, 5.74) is 2.52. The molecule has 2 aromatic rings. The summed E-state index contributed by atoms with van der Waals surface area (Å²) in [7, 11) is -3.79. The lowest BCUT2D eigenvalue weighted by atomic mass is 10.1. The summed E-state index contributed by atoms with van der Waals surface area (Å²) in [6.07, 6.45) is 2.80. The average Bonchev–Trinajstić information content (AvgIpc) is 2.64. The van der Waals surface area contributed by atoms with E-state index in [0.29, 0.717) is 6.54 Å². The highest BCUT2D eigenvalue weighted by atomic mass is 35.5. The molecule has 0 saturated carbocycles. The lowest BCUT2D eigenvalue weighted by Gasteiger charge is -2.30. The number of amides is 1. The molecular formula is C21H26ClFN2O3S. The van der Waals surface area contributed by atoms with Crippen LogP contribution in [-0.4, -0.2) is 33.2 Å². The summed E-state index contributed by atoms with van der Waals surface area (Å²) >= 11 is 5.81. The van der Waals surface area contributed by atoms with E-state index in [9.17, 15) is 17.6 Å². The van der Waals surface area contributed by atoms with Crippen LogP contribution < -0.4 is 9.62 Å². The van der Waals surface area contributed by atoms with Crippen molar-refractivity contribution < 1.29 is 17.6 Å². The first-order valence-corrected chi connectivity index (χ1v) is 11.6. The Kier molecular flexibility index (Phi) is 8.05. The lowest BCUT2D eigenvalue weighted by Crippen LogP contribution is -2.49. The van der Waals surface area contributed by atoms with E-state index < -0.39 is 27.8 Å². The second-order valence-electron chi connectivity index (χ2n) is 6.96. The van der Waals surface area contributed by atoms with Gasteiger partial charge in [-0.25, -0.2) is 12.8 Å². The number of aryl methyl sites for hydroxylation is 2. The second-order valence-corrected chi connectivity index (χ2v) is 9.23. The van der Waals surface area contributed by atoms with Gasteiger partial charge in [0.15, 0.2) is 0 Å². The first-order valence-electron chi connectivity index (χ1n) is 9.41. The van der Waals surface area contributed by atoms with Gasteiger partial charge >= 0.3 is 0 Å². The highest BCUT2D eigenvalue weighted by Gasteiger charge is 2.31. The third-order valence-electron chi connectivity index (χ3n) is 4.51. The number of anilines is 1. The van der Waals surface area contributed by atoms with Crippen LogP contribution in [0.5, 0.6) is 0 Å². The number of carbonyl (C=O) groups is 1. The maximum atomic E-state index is 13.5. The van der Waals surface area contributed by atoms with Gasteiger partial charge in [0, 0.05) is 6.54 Å². The minimum atomic E-state index is -3.79. The molecule has 2 aromatic carbocycles. The van der Waals surface area contributed by atoms with E-state index in [1.54, 1.807) is 6.92 Å². The number of rotatable bonds is 9. The van der Waals surface area contributed by atoms with E-state index in [1.807, 2.05) is 25.1 Å². The van der Waals surface area contributed by atoms with Gasteiger partial charge in [0.2, 0.25) is 15.9 Å². The van der Waals surface area contributed by atoms with Gasteiger partial charge < -0.3 is 5.32 Å². The Morgan fingerprint density at radius 3 is 2.55 bits per heavy atom. The molecule has 8 heteroatoms. The third kappa shape index (κ3) is 6.44. The number of hydrogen-bond donors (Lipinski definition) is 1. The van der Waals surface area contributed by atoms with Gasteiger partial charge in [-0.2, -0.15) is 0 Å². The van der Waals surface area contributed by atoms with Crippen LogP contribution in [0.1, 0.15) is 30.9 Å². The Labute approximate surface area is 176 Å². The predicted octanol–water partition coefficient (Wildman–Crippen LogP) is 4.08. The topological polar surface area (TPSA) is 66.5 Å². The van der Waals surface area contributed by atoms with Crippen LogP contribution in [0.25, 0.3) is 0 Å². The van der Waals surface area contributed by atoms with Gasteiger partial charge in [0.05, 0.1) is 17.0 Å². The van der Waals surface area contributed by atoms with Crippen LogP contribution in [0.2, 0.25) is 5.02 Å². The van der Waals surface area contributed by atoms with Crippen LogP contribution in [0.15, 0.2) is 42.5 Å². The molecule has 0 spiro atoms. The molecule has 1 amide bonds. The number of nitrogens with zero attached hydrogens (tertiary/aromatic N) is 1. The molecule has 0 saturated heterocycles. The summed E-state index contributed by atoms with van der Waals surface area (Å²) < 4.78 is 39.3. The molecule has 29 heavy (non-hydrogen) atoms. The number of benzene rings is 2. The largest absolute Gasteiger partial charge is 0.354 e. The Hall–Kier alpha value is -2.12. The SMILES string of the molecule is CC[C@H](C(=O)NCCCc1cccc(C)c1)N(c1ccc(F)c(Cl)c1)S(C)(=O)=O. The summed E-state index contributed by atoms with van der Waals surface area (Å²) in [4.78, 5) is 12.7. The summed E-state index contributed by atoms with van der Waals surface area (Å²) in [6.45, 7) is 4.17. The molecule has 1 N–H and O–H groups in total. The standard InChI is InChI=1S/C21H26ClFN2O3S/c1-4-20(21(26)24-12-6-9-16-8-5-7-15(2)13-16)25(29(3,27)28)17-10-11-19(23)18(22)14-17/h5,7-8,10-11,13-14,20H,4,6,9,12H2,1-3H3,(H,24,26)/t20-/m1/s1. The van der Waals surface area contributed by atoms with Crippen molar-refractivity contribution in [2.24, 2.45) is 0 Å². The van der Waals surface area contributed by atoms with Gasteiger partial charge in [0.1, 0.15) is 11.9 Å². The molecule has 0 bridgehead atoms. The molecule has 0 aliphatic carbocycles. The zero-order valence-electron chi connectivity index (χ0n) is 16.8. The molecule has 0 aliphatic rings. The predicted molar refractivity (Wildman–Crippen MR) is 115 cm³/mol. The fourth-order valence-corrected chi connectivity index (χ4v) is 4.55. The van der Waals surface area contributed by atoms with Crippen molar-refractivity contribution in [2.45, 2.75) is 39.2 Å². The monoisotopic (exact) mass is 440 g/mol. The molecule has 0 aliphatic heterocycles. The van der Waals surface area contributed by atoms with Gasteiger partial charge in [-0.15, -0.1) is 0 Å². The molecule has 0 heterocycles. The first-order chi connectivity index (χ1) is 13.6. The van der Waals surface area contributed by atoms with E-state index in [2.05, 4.69) is 11.4 Å². The zero-order valence-corrected chi connectivity index (χ0v) is 18.4. The van der Waals surface area contributed by atoms with Crippen LogP contribution >= 0.6 is 11.6 Å². The number of nitrogens with one attached hydrogen (secondary N) is 1. The zero-order chi connectivity index (χ0) is 21.6. The van der Waals surface area contributed by atoms with Crippen molar-refractivity contribution in [1.29, 1.82) is 0 Å². The van der Waals surface area contributed by atoms with Crippen molar-refractivity contribution in [3.63, 3.8) is 0 Å². The lowest BCUT2D eigenvalue weighted by molar-refractivity contribution is -0.122. The fraction of sp³-hybridized carbons (Fsp3) is 0.381. The summed E-state index contributed by atoms with van der Waals surface area (Å²) in [5.74, 6) is -1.06. The Balaban J connectivity index is 2.08. The minimum Gasteiger partial charge on any atom is -0.354 e. The van der Waals surface area contributed by atoms with Crippen molar-refractivity contribution >= 4 is 33.2 Å². The molecule has 5 nitrogen and oxygen atoms in total. The second kappa shape index (κ2) is 10.1. The number of hydrogen-bond acceptors (Lipinski definition) is 3. The van der Waals surface area contributed by atoms with Crippen molar-refractivity contribution in [3.05, 3.63) is 64.4 Å². The Morgan fingerprint density at radius 1 is 1.24 bits per heavy atom. The maximum absolute atomic E-state index is 13.5. The van der Waals surface area contributed by atoms with Crippen LogP contribution in [0.4, 0.5) is 10.1 Å². The van der Waals surface area contributed by atoms with Gasteiger partial charge in [0.25, 0.3) is 0 Å². The molecule has 0 unspecified atom stereocenters. The molecule has 0 fully saturated rings. The highest BCUT2D eigenvalue weighted by molar-refractivity contribution is 7.92. The molecular weight excluding hydrogens is 415 g/mol. The van der Waals surface area contributed by atoms with E-state index in [-0.39, 0.29) is 17.1 Å². The number of sulfonamides is 1. The van der Waals surface area contributed by atoms with Crippen LogP contribution in [0, 0.1) is 12.7 Å². The first kappa shape index (κ1) is 23.2. The van der Waals surface area contributed by atoms with Crippen LogP contribution in [-0.2, 0) is 21.2 Å². The summed E-state index contributed by atoms with van der Waals surface area (Å²) in [5, 5.41) is 2.61. The molecule has 158 valence electrons. The highest BCUT2D eigenvalue weighted by Crippen LogP contribution is 2.27. The van der Waals surface area contributed by atoms with E-state index in [1.165, 1.54) is 23.3 Å². The smallest absolute Gasteiger partial charge is 0.243 e. The van der Waals surface area contributed by atoms with Gasteiger partial charge in [-0.3, -0.25) is 9.10 Å². The normalized spacial score (nSPS) is 12.4. The maximum Gasteiger partial charge on any atom is 0.243 e. The van der Waals surface area contributed by atoms with Gasteiger partial charge in [-0.1, -0.05) is 48.4 Å². The Morgan fingerprint density at radius 2 is 1.97 bits per heavy atom. The van der Waals surface area contributed by atoms with E-state index in [4.69, 9.17) is 11.6 Å². The average molecular weight is 441 g/mol. The number of carbonyl (C=O) groups excluding carboxylic acids is 1. The molecule has 2 rings (SSSR count). The van der Waals surface area contributed by atoms with E-state index in [0.717, 1.165) is 29.5 Å². The summed E-state index contributed by atoms with van der Waals surface area (Å²) in [6, 6.07) is 10.8.